The third-order valence-electron chi connectivity index (χ3n) is 4.90. The number of nitrogens with zero attached hydrogens (tertiary/aromatic N) is 2. The Morgan fingerprint density at radius 3 is 2.34 bits per heavy atom. The maximum atomic E-state index is 13.1. The lowest BCUT2D eigenvalue weighted by Crippen LogP contribution is -2.22. The van der Waals surface area contributed by atoms with E-state index in [1.165, 1.54) is 24.4 Å². The van der Waals surface area contributed by atoms with Gasteiger partial charge >= 0.3 is 5.97 Å². The summed E-state index contributed by atoms with van der Waals surface area (Å²) in [6, 6.07) is 14.1. The van der Waals surface area contributed by atoms with Gasteiger partial charge in [0.25, 0.3) is 5.91 Å². The fourth-order valence-corrected chi connectivity index (χ4v) is 3.21. The first-order valence-corrected chi connectivity index (χ1v) is 10.8. The van der Waals surface area contributed by atoms with Crippen LogP contribution >= 0.6 is 11.6 Å². The Morgan fingerprint density at radius 1 is 1.06 bits per heavy atom. The Labute approximate surface area is 206 Å². The zero-order valence-corrected chi connectivity index (χ0v) is 19.8. The van der Waals surface area contributed by atoms with E-state index in [2.05, 4.69) is 10.3 Å². The van der Waals surface area contributed by atoms with Gasteiger partial charge in [-0.15, -0.1) is 0 Å². The molecule has 10 heteroatoms. The number of nitrogens with one attached hydrogen (secondary N) is 2. The number of ketones is 1. The molecule has 1 aromatic heterocycles. The highest BCUT2D eigenvalue weighted by Gasteiger charge is 2.18. The van der Waals surface area contributed by atoms with Crippen LogP contribution in [0.5, 0.6) is 5.75 Å². The summed E-state index contributed by atoms with van der Waals surface area (Å²) >= 11 is 5.86. The number of halogens is 1. The number of carbonyl (C=O) groups excluding carboxylic acids is 2. The molecule has 0 aliphatic heterocycles. The zero-order chi connectivity index (χ0) is 25.5. The van der Waals surface area contributed by atoms with Gasteiger partial charge in [0.15, 0.2) is 12.4 Å². The van der Waals surface area contributed by atoms with Gasteiger partial charge in [-0.1, -0.05) is 23.7 Å². The number of hydrogen-bond acceptors (Lipinski definition) is 6. The molecule has 180 valence electrons. The van der Waals surface area contributed by atoms with E-state index in [0.717, 1.165) is 0 Å². The molecule has 0 saturated carbocycles. The minimum atomic E-state index is -1.16. The van der Waals surface area contributed by atoms with E-state index >= 15 is 0 Å². The molecular formula is C25H23ClN4O5. The number of carbonyl (C=O) groups is 3. The highest BCUT2D eigenvalue weighted by atomic mass is 35.5. The number of carboxylic acid groups (broad SMARTS) is 1. The van der Waals surface area contributed by atoms with E-state index < -0.39 is 18.5 Å². The minimum Gasteiger partial charge on any atom is -0.482 e. The Morgan fingerprint density at radius 2 is 1.74 bits per heavy atom. The molecular weight excluding hydrogens is 472 g/mol. The average molecular weight is 495 g/mol. The van der Waals surface area contributed by atoms with Gasteiger partial charge in [0.1, 0.15) is 11.6 Å². The number of pyridine rings is 1. The summed E-state index contributed by atoms with van der Waals surface area (Å²) in [5, 5.41) is 20.1. The molecule has 0 spiro atoms. The lowest BCUT2D eigenvalue weighted by Gasteiger charge is -2.15. The number of hydrogen-bond donors (Lipinski definition) is 3. The summed E-state index contributed by atoms with van der Waals surface area (Å²) in [7, 11) is 3.51. The number of rotatable bonds is 9. The number of aromatic nitrogens is 1. The average Bonchev–Trinajstić information content (AvgIpc) is 2.84. The van der Waals surface area contributed by atoms with Crippen LogP contribution in [-0.4, -0.2) is 59.2 Å². The van der Waals surface area contributed by atoms with Crippen molar-refractivity contribution in [2.24, 2.45) is 0 Å². The first-order chi connectivity index (χ1) is 16.6. The third kappa shape index (κ3) is 6.87. The maximum absolute atomic E-state index is 13.1. The number of carboxylic acids is 1. The second-order valence-corrected chi connectivity index (χ2v) is 8.17. The Bertz CT molecular complexity index is 1260. The van der Waals surface area contributed by atoms with Gasteiger partial charge in [0.2, 0.25) is 0 Å². The van der Waals surface area contributed by atoms with Crippen LogP contribution in [0.1, 0.15) is 32.0 Å². The summed E-state index contributed by atoms with van der Waals surface area (Å²) in [6.07, 6.45) is 1.36. The second-order valence-electron chi connectivity index (χ2n) is 7.73. The molecule has 0 unspecified atom stereocenters. The first kappa shape index (κ1) is 25.4. The lowest BCUT2D eigenvalue weighted by molar-refractivity contribution is -0.139. The summed E-state index contributed by atoms with van der Waals surface area (Å²) in [5.74, 6) is -1.50. The van der Waals surface area contributed by atoms with Crippen LogP contribution in [0.2, 0.25) is 5.02 Å². The molecule has 9 nitrogen and oxygen atoms in total. The second kappa shape index (κ2) is 11.3. The number of aliphatic carboxylic acids is 1. The zero-order valence-electron chi connectivity index (χ0n) is 19.0. The van der Waals surface area contributed by atoms with Crippen molar-refractivity contribution >= 4 is 40.8 Å². The van der Waals surface area contributed by atoms with E-state index in [-0.39, 0.29) is 29.2 Å². The van der Waals surface area contributed by atoms with Crippen LogP contribution < -0.4 is 10.1 Å². The van der Waals surface area contributed by atoms with Crippen molar-refractivity contribution in [1.82, 2.24) is 9.88 Å². The van der Waals surface area contributed by atoms with Gasteiger partial charge in [-0.2, -0.15) is 0 Å². The SMILES string of the molecule is CN(C)C(=N)c1ccc(C(=O)Nc2ccc(OCC(=O)O)cc2C(=O)Cc2ccc(Cl)cn2)cc1. The van der Waals surface area contributed by atoms with Gasteiger partial charge in [0, 0.05) is 42.7 Å². The van der Waals surface area contributed by atoms with Crippen molar-refractivity contribution in [3.8, 4) is 5.75 Å². The molecule has 1 amide bonds. The largest absolute Gasteiger partial charge is 0.482 e. The molecule has 0 radical (unpaired) electrons. The Balaban J connectivity index is 1.85. The number of Topliss-reactive ketones (excluding diaryl/α,β-unsaturated/α-hetero) is 1. The van der Waals surface area contributed by atoms with Crippen LogP contribution in [0.3, 0.4) is 0 Å². The first-order valence-electron chi connectivity index (χ1n) is 10.4. The number of ether oxygens (including phenoxy) is 1. The van der Waals surface area contributed by atoms with Crippen LogP contribution in [0.25, 0.3) is 0 Å². The Kier molecular flexibility index (Phi) is 8.17. The fraction of sp³-hybridized carbons (Fsp3) is 0.160. The number of benzene rings is 2. The van der Waals surface area contributed by atoms with Gasteiger partial charge in [-0.3, -0.25) is 20.0 Å². The van der Waals surface area contributed by atoms with Crippen molar-refractivity contribution in [1.29, 1.82) is 5.41 Å². The number of amides is 1. The summed E-state index contributed by atoms with van der Waals surface area (Å²) in [4.78, 5) is 42.6. The molecule has 35 heavy (non-hydrogen) atoms. The summed E-state index contributed by atoms with van der Waals surface area (Å²) in [5.41, 5.74) is 1.85. The van der Waals surface area contributed by atoms with Crippen molar-refractivity contribution in [2.75, 3.05) is 26.0 Å². The minimum absolute atomic E-state index is 0.0657. The summed E-state index contributed by atoms with van der Waals surface area (Å²) in [6.45, 7) is -0.577. The van der Waals surface area contributed by atoms with Crippen LogP contribution in [0, 0.1) is 5.41 Å². The fourth-order valence-electron chi connectivity index (χ4n) is 3.10. The van der Waals surface area contributed by atoms with E-state index in [1.54, 1.807) is 55.4 Å². The van der Waals surface area contributed by atoms with Gasteiger partial charge in [-0.25, -0.2) is 4.79 Å². The standard InChI is InChI=1S/C25H23ClN4O5/c1-30(2)24(27)15-3-5-16(6-4-15)25(34)29-21-10-9-19(35-14-23(32)33)12-20(21)22(31)11-18-8-7-17(26)13-28-18/h3-10,12-13,27H,11,14H2,1-2H3,(H,29,34)(H,32,33). The molecule has 0 bridgehead atoms. The molecule has 3 rings (SSSR count). The highest BCUT2D eigenvalue weighted by Crippen LogP contribution is 2.25. The normalized spacial score (nSPS) is 10.4. The topological polar surface area (TPSA) is 133 Å². The predicted molar refractivity (Wildman–Crippen MR) is 132 cm³/mol. The van der Waals surface area contributed by atoms with E-state index in [0.29, 0.717) is 27.7 Å². The quantitative estimate of drug-likeness (QED) is 0.234. The van der Waals surface area contributed by atoms with Gasteiger partial charge in [-0.05, 0) is 42.5 Å². The smallest absolute Gasteiger partial charge is 0.341 e. The Hall–Kier alpha value is -4.24. The number of amidine groups is 1. The molecule has 0 aliphatic carbocycles. The van der Waals surface area contributed by atoms with Crippen LogP contribution in [0.4, 0.5) is 5.69 Å². The van der Waals surface area contributed by atoms with E-state index in [4.69, 9.17) is 26.9 Å². The third-order valence-corrected chi connectivity index (χ3v) is 5.12. The van der Waals surface area contributed by atoms with Gasteiger partial charge < -0.3 is 20.1 Å². The van der Waals surface area contributed by atoms with Crippen molar-refractivity contribution < 1.29 is 24.2 Å². The van der Waals surface area contributed by atoms with Crippen LogP contribution in [-0.2, 0) is 11.2 Å². The van der Waals surface area contributed by atoms with Gasteiger partial charge in [0.05, 0.1) is 17.1 Å². The monoisotopic (exact) mass is 494 g/mol. The predicted octanol–water partition coefficient (Wildman–Crippen LogP) is 3.76. The van der Waals surface area contributed by atoms with E-state index in [1.807, 2.05) is 0 Å². The van der Waals surface area contributed by atoms with Crippen LogP contribution in [0.15, 0.2) is 60.8 Å². The molecule has 0 aliphatic rings. The van der Waals surface area contributed by atoms with Crippen molar-refractivity contribution in [3.05, 3.63) is 88.2 Å². The maximum Gasteiger partial charge on any atom is 0.341 e. The lowest BCUT2D eigenvalue weighted by atomic mass is 10.0. The molecule has 0 fully saturated rings. The van der Waals surface area contributed by atoms with Crippen molar-refractivity contribution in [3.63, 3.8) is 0 Å². The molecule has 3 aromatic rings. The molecule has 0 atom stereocenters. The number of anilines is 1. The van der Waals surface area contributed by atoms with E-state index in [9.17, 15) is 14.4 Å². The molecule has 1 heterocycles. The summed E-state index contributed by atoms with van der Waals surface area (Å²) < 4.78 is 5.20. The highest BCUT2D eigenvalue weighted by molar-refractivity contribution is 6.30. The molecule has 2 aromatic carbocycles. The van der Waals surface area contributed by atoms with Crippen molar-refractivity contribution in [2.45, 2.75) is 6.42 Å². The molecule has 3 N–H and O–H groups in total. The molecule has 0 saturated heterocycles.